The number of hydrogen-bond acceptors (Lipinski definition) is 2. The molecule has 0 radical (unpaired) electrons. The average molecular weight is 357 g/mol. The standard InChI is InChI=1S/C24H40N2/c1-16-20-8-9-22-19-7-6-17-14-18(25(3)4)10-12-23(17,2)21(19)11-13-24(20,22)15-26(16)5/h7,16-18,20-22H,6,8-15H2,1-5H3. The summed E-state index contributed by atoms with van der Waals surface area (Å²) in [6.45, 7) is 6.56. The Labute approximate surface area is 161 Å². The zero-order valence-electron chi connectivity index (χ0n) is 17.8. The maximum absolute atomic E-state index is 2.78. The minimum Gasteiger partial charge on any atom is -0.306 e. The van der Waals surface area contributed by atoms with Crippen LogP contribution in [0.25, 0.3) is 0 Å². The third kappa shape index (κ3) is 2.18. The van der Waals surface area contributed by atoms with E-state index in [4.69, 9.17) is 0 Å². The number of fused-ring (bicyclic) bond motifs is 4. The van der Waals surface area contributed by atoms with E-state index in [9.17, 15) is 0 Å². The van der Waals surface area contributed by atoms with Crippen LogP contribution >= 0.6 is 0 Å². The summed E-state index contributed by atoms with van der Waals surface area (Å²) >= 11 is 0. The maximum Gasteiger partial charge on any atom is 0.00983 e. The molecular formula is C24H40N2. The van der Waals surface area contributed by atoms with Crippen LogP contribution in [0, 0.1) is 34.5 Å². The van der Waals surface area contributed by atoms with Crippen LogP contribution in [0.2, 0.25) is 0 Å². The highest BCUT2D eigenvalue weighted by Gasteiger charge is 2.63. The summed E-state index contributed by atoms with van der Waals surface area (Å²) in [4.78, 5) is 5.18. The second kappa shape index (κ2) is 5.83. The molecule has 5 aliphatic rings. The lowest BCUT2D eigenvalue weighted by Gasteiger charge is -2.58. The van der Waals surface area contributed by atoms with Crippen LogP contribution in [0.1, 0.15) is 65.2 Å². The average Bonchev–Trinajstić information content (AvgIpc) is 3.08. The highest BCUT2D eigenvalue weighted by atomic mass is 15.2. The van der Waals surface area contributed by atoms with Gasteiger partial charge in [-0.05, 0) is 114 Å². The van der Waals surface area contributed by atoms with Gasteiger partial charge in [0.1, 0.15) is 0 Å². The molecule has 5 rings (SSSR count). The van der Waals surface area contributed by atoms with E-state index in [1.807, 2.05) is 5.57 Å². The molecule has 0 amide bonds. The van der Waals surface area contributed by atoms with Gasteiger partial charge in [-0.25, -0.2) is 0 Å². The number of nitrogens with zero attached hydrogens (tertiary/aromatic N) is 2. The van der Waals surface area contributed by atoms with E-state index in [2.05, 4.69) is 50.9 Å². The summed E-state index contributed by atoms with van der Waals surface area (Å²) in [5.41, 5.74) is 3.18. The van der Waals surface area contributed by atoms with E-state index in [1.54, 1.807) is 0 Å². The molecule has 0 aromatic rings. The Hall–Kier alpha value is -0.340. The second-order valence-electron chi connectivity index (χ2n) is 11.3. The van der Waals surface area contributed by atoms with Crippen molar-refractivity contribution in [3.8, 4) is 0 Å². The van der Waals surface area contributed by atoms with Gasteiger partial charge in [0.25, 0.3) is 0 Å². The molecule has 1 aliphatic heterocycles. The molecule has 4 fully saturated rings. The fourth-order valence-corrected chi connectivity index (χ4v) is 8.77. The second-order valence-corrected chi connectivity index (χ2v) is 11.3. The normalized spacial score (nSPS) is 53.7. The monoisotopic (exact) mass is 356 g/mol. The third-order valence-electron chi connectivity index (χ3n) is 10.4. The summed E-state index contributed by atoms with van der Waals surface area (Å²) in [5, 5.41) is 0. The van der Waals surface area contributed by atoms with Crippen LogP contribution in [0.4, 0.5) is 0 Å². The van der Waals surface area contributed by atoms with Crippen LogP contribution in [0.5, 0.6) is 0 Å². The Morgan fingerprint density at radius 3 is 2.65 bits per heavy atom. The molecule has 1 heterocycles. The highest BCUT2D eigenvalue weighted by Crippen LogP contribution is 2.68. The van der Waals surface area contributed by atoms with Crippen LogP contribution < -0.4 is 0 Å². The Kier molecular flexibility index (Phi) is 3.98. The van der Waals surface area contributed by atoms with Gasteiger partial charge >= 0.3 is 0 Å². The van der Waals surface area contributed by atoms with Gasteiger partial charge in [-0.2, -0.15) is 0 Å². The maximum atomic E-state index is 2.78. The Morgan fingerprint density at radius 1 is 1.08 bits per heavy atom. The van der Waals surface area contributed by atoms with Gasteiger partial charge in [-0.3, -0.25) is 0 Å². The molecule has 0 N–H and O–H groups in total. The van der Waals surface area contributed by atoms with E-state index in [1.165, 1.54) is 57.9 Å². The Bertz CT molecular complexity index is 609. The molecule has 0 aromatic carbocycles. The lowest BCUT2D eigenvalue weighted by molar-refractivity contribution is -0.0197. The van der Waals surface area contributed by atoms with Crippen molar-refractivity contribution in [3.63, 3.8) is 0 Å². The molecular weight excluding hydrogens is 316 g/mol. The van der Waals surface area contributed by atoms with Gasteiger partial charge in [0.05, 0.1) is 0 Å². The van der Waals surface area contributed by atoms with Gasteiger partial charge in [-0.1, -0.05) is 18.6 Å². The number of allylic oxidation sites excluding steroid dienone is 2. The third-order valence-corrected chi connectivity index (χ3v) is 10.4. The smallest absolute Gasteiger partial charge is 0.00983 e. The van der Waals surface area contributed by atoms with Crippen molar-refractivity contribution in [2.24, 2.45) is 34.5 Å². The first kappa shape index (κ1) is 17.7. The summed E-state index contributed by atoms with van der Waals surface area (Å²) < 4.78 is 0. The Morgan fingerprint density at radius 2 is 1.88 bits per heavy atom. The fourth-order valence-electron chi connectivity index (χ4n) is 8.77. The van der Waals surface area contributed by atoms with E-state index in [-0.39, 0.29) is 0 Å². The topological polar surface area (TPSA) is 6.48 Å². The first-order valence-electron chi connectivity index (χ1n) is 11.4. The molecule has 3 saturated carbocycles. The van der Waals surface area contributed by atoms with E-state index >= 15 is 0 Å². The van der Waals surface area contributed by atoms with Gasteiger partial charge < -0.3 is 9.80 Å². The first-order valence-corrected chi connectivity index (χ1v) is 11.4. The van der Waals surface area contributed by atoms with Crippen molar-refractivity contribution < 1.29 is 0 Å². The molecule has 0 bridgehead atoms. The van der Waals surface area contributed by atoms with Crippen molar-refractivity contribution in [3.05, 3.63) is 11.6 Å². The summed E-state index contributed by atoms with van der Waals surface area (Å²) in [7, 11) is 6.96. The summed E-state index contributed by atoms with van der Waals surface area (Å²) in [6, 6.07) is 1.62. The lowest BCUT2D eigenvalue weighted by Crippen LogP contribution is -2.51. The number of rotatable bonds is 1. The van der Waals surface area contributed by atoms with Crippen LogP contribution in [0.15, 0.2) is 11.6 Å². The quantitative estimate of drug-likeness (QED) is 0.622. The molecule has 1 saturated heterocycles. The minimum absolute atomic E-state index is 0.590. The number of likely N-dealkylation sites (tertiary alicyclic amines) is 1. The van der Waals surface area contributed by atoms with Crippen molar-refractivity contribution in [1.29, 1.82) is 0 Å². The first-order chi connectivity index (χ1) is 12.4. The van der Waals surface area contributed by atoms with Crippen molar-refractivity contribution in [2.45, 2.75) is 77.3 Å². The van der Waals surface area contributed by atoms with E-state index < -0.39 is 0 Å². The predicted molar refractivity (Wildman–Crippen MR) is 109 cm³/mol. The van der Waals surface area contributed by atoms with E-state index in [0.717, 1.165) is 35.8 Å². The van der Waals surface area contributed by atoms with Crippen molar-refractivity contribution in [2.75, 3.05) is 27.7 Å². The minimum atomic E-state index is 0.590. The van der Waals surface area contributed by atoms with Gasteiger partial charge in [0.15, 0.2) is 0 Å². The van der Waals surface area contributed by atoms with Crippen molar-refractivity contribution in [1.82, 2.24) is 9.80 Å². The molecule has 8 unspecified atom stereocenters. The van der Waals surface area contributed by atoms with Crippen LogP contribution in [-0.2, 0) is 0 Å². The zero-order valence-corrected chi connectivity index (χ0v) is 17.8. The highest BCUT2D eigenvalue weighted by molar-refractivity contribution is 5.30. The van der Waals surface area contributed by atoms with E-state index in [0.29, 0.717) is 10.8 Å². The van der Waals surface area contributed by atoms with Crippen LogP contribution in [0.3, 0.4) is 0 Å². The van der Waals surface area contributed by atoms with Gasteiger partial charge in [-0.15, -0.1) is 0 Å². The van der Waals surface area contributed by atoms with Gasteiger partial charge in [0.2, 0.25) is 0 Å². The molecule has 2 heteroatoms. The molecule has 2 nitrogen and oxygen atoms in total. The SMILES string of the molecule is CC1C2CCC3C4=CCC5CC(N(C)C)CCC5(C)C4CCC32CN1C. The zero-order chi connectivity index (χ0) is 18.3. The molecule has 1 spiro atoms. The van der Waals surface area contributed by atoms with Crippen molar-refractivity contribution >= 4 is 0 Å². The van der Waals surface area contributed by atoms with Gasteiger partial charge in [0, 0.05) is 18.6 Å². The summed E-state index contributed by atoms with van der Waals surface area (Å²) in [6.07, 6.45) is 14.4. The Balaban J connectivity index is 1.46. The predicted octanol–water partition coefficient (Wildman–Crippen LogP) is 4.81. The molecule has 4 aliphatic carbocycles. The molecule has 26 heavy (non-hydrogen) atoms. The molecule has 8 atom stereocenters. The molecule has 0 aromatic heterocycles. The van der Waals surface area contributed by atoms with Crippen LogP contribution in [-0.4, -0.2) is 49.6 Å². The lowest BCUT2D eigenvalue weighted by atomic mass is 9.47. The summed E-state index contributed by atoms with van der Waals surface area (Å²) in [5.74, 6) is 3.71. The molecule has 146 valence electrons. The largest absolute Gasteiger partial charge is 0.306 e. The fraction of sp³-hybridized carbons (Fsp3) is 0.917. The number of hydrogen-bond donors (Lipinski definition) is 0.